The van der Waals surface area contributed by atoms with Crippen molar-refractivity contribution in [2.45, 2.75) is 0 Å². The monoisotopic (exact) mass is 369 g/mol. The van der Waals surface area contributed by atoms with Crippen LogP contribution in [0.5, 0.6) is 5.75 Å². The Morgan fingerprint density at radius 1 is 1.12 bits per heavy atom. The number of hydrogen-bond acceptors (Lipinski definition) is 4. The molecule has 24 heavy (non-hydrogen) atoms. The smallest absolute Gasteiger partial charge is 0.177 e. The fourth-order valence-electron chi connectivity index (χ4n) is 2.40. The summed E-state index contributed by atoms with van der Waals surface area (Å²) in [6, 6.07) is 5.37. The van der Waals surface area contributed by atoms with Crippen molar-refractivity contribution in [3.05, 3.63) is 57.1 Å². The van der Waals surface area contributed by atoms with Gasteiger partial charge in [-0.05, 0) is 24.3 Å². The molecule has 0 spiro atoms. The van der Waals surface area contributed by atoms with E-state index in [4.69, 9.17) is 33.7 Å². The predicted octanol–water partition coefficient (Wildman–Crippen LogP) is 4.12. The van der Waals surface area contributed by atoms with Gasteiger partial charge in [0.25, 0.3) is 0 Å². The number of ether oxygens (including phenoxy) is 1. The van der Waals surface area contributed by atoms with Crippen LogP contribution in [0.25, 0.3) is 0 Å². The van der Waals surface area contributed by atoms with Gasteiger partial charge in [0.1, 0.15) is 11.7 Å². The number of rotatable bonds is 2. The molecule has 3 rings (SSSR count). The number of aliphatic imine (C=N–C) groups is 2. The first kappa shape index (κ1) is 16.7. The molecule has 2 N–H and O–H groups in total. The summed E-state index contributed by atoms with van der Waals surface area (Å²) in [5, 5.41) is 0.301. The van der Waals surface area contributed by atoms with Crippen molar-refractivity contribution in [1.82, 2.24) is 0 Å². The second kappa shape index (κ2) is 6.37. The second-order valence-corrected chi connectivity index (χ2v) is 5.75. The van der Waals surface area contributed by atoms with E-state index in [1.165, 1.54) is 19.2 Å². The van der Waals surface area contributed by atoms with Gasteiger partial charge in [-0.3, -0.25) is 4.99 Å². The highest BCUT2D eigenvalue weighted by Crippen LogP contribution is 2.38. The van der Waals surface area contributed by atoms with E-state index < -0.39 is 11.6 Å². The average molecular weight is 370 g/mol. The number of fused-ring (bicyclic) bond motifs is 1. The summed E-state index contributed by atoms with van der Waals surface area (Å²) in [5.41, 5.74) is 5.93. The largest absolute Gasteiger partial charge is 0.494 e. The predicted molar refractivity (Wildman–Crippen MR) is 91.2 cm³/mol. The molecule has 0 saturated heterocycles. The highest BCUT2D eigenvalue weighted by Gasteiger charge is 2.26. The molecule has 8 heteroatoms. The van der Waals surface area contributed by atoms with E-state index in [2.05, 4.69) is 9.98 Å². The highest BCUT2D eigenvalue weighted by atomic mass is 35.5. The summed E-state index contributed by atoms with van der Waals surface area (Å²) in [4.78, 5) is 8.38. The first-order chi connectivity index (χ1) is 11.4. The third-order valence-corrected chi connectivity index (χ3v) is 4.29. The third-order valence-electron chi connectivity index (χ3n) is 3.49. The number of halogens is 4. The molecule has 0 fully saturated rings. The van der Waals surface area contributed by atoms with E-state index >= 15 is 0 Å². The van der Waals surface area contributed by atoms with Crippen molar-refractivity contribution in [3.8, 4) is 5.75 Å². The fraction of sp³-hybridized carbons (Fsp3) is 0.125. The van der Waals surface area contributed by atoms with Gasteiger partial charge in [-0.25, -0.2) is 13.8 Å². The summed E-state index contributed by atoms with van der Waals surface area (Å²) < 4.78 is 34.0. The Morgan fingerprint density at radius 2 is 1.88 bits per heavy atom. The van der Waals surface area contributed by atoms with Gasteiger partial charge in [0.05, 0.1) is 40.7 Å². The molecule has 0 bridgehead atoms. The summed E-state index contributed by atoms with van der Waals surface area (Å²) in [6.45, 7) is -0.0337. The van der Waals surface area contributed by atoms with Crippen molar-refractivity contribution >= 4 is 40.4 Å². The lowest BCUT2D eigenvalue weighted by atomic mass is 9.99. The minimum atomic E-state index is -0.890. The number of hydrogen-bond donors (Lipinski definition) is 1. The molecule has 1 aliphatic rings. The molecule has 0 saturated carbocycles. The number of amidine groups is 1. The molecule has 0 atom stereocenters. The summed E-state index contributed by atoms with van der Waals surface area (Å²) in [5.74, 6) is -1.63. The van der Waals surface area contributed by atoms with Crippen LogP contribution in [0.4, 0.5) is 14.5 Å². The molecule has 0 radical (unpaired) electrons. The molecule has 4 nitrogen and oxygen atoms in total. The van der Waals surface area contributed by atoms with Crippen molar-refractivity contribution in [3.63, 3.8) is 0 Å². The number of methoxy groups -OCH3 is 1. The van der Waals surface area contributed by atoms with Gasteiger partial charge in [-0.15, -0.1) is 0 Å². The minimum absolute atomic E-state index is 0.0180. The van der Waals surface area contributed by atoms with Crippen LogP contribution >= 0.6 is 23.2 Å². The standard InChI is InChI=1S/C16H11Cl2F2N3O/c1-24-10-5-3-8(19)12(15(10)20)16-13-9(23-11(21)6-22-16)4-2-7(17)14(13)18/h2-5H,6H2,1H3,(H2,21,23). The maximum absolute atomic E-state index is 14.7. The molecule has 0 aromatic heterocycles. The molecule has 0 aliphatic carbocycles. The van der Waals surface area contributed by atoms with Crippen LogP contribution in [-0.4, -0.2) is 25.2 Å². The Hall–Kier alpha value is -2.18. The van der Waals surface area contributed by atoms with Gasteiger partial charge >= 0.3 is 0 Å². The van der Waals surface area contributed by atoms with Crippen LogP contribution in [0.15, 0.2) is 34.3 Å². The maximum atomic E-state index is 14.7. The van der Waals surface area contributed by atoms with Crippen LogP contribution in [-0.2, 0) is 0 Å². The normalized spacial score (nSPS) is 13.7. The van der Waals surface area contributed by atoms with Crippen LogP contribution in [0.2, 0.25) is 10.0 Å². The van der Waals surface area contributed by atoms with Crippen LogP contribution < -0.4 is 10.5 Å². The van der Waals surface area contributed by atoms with E-state index in [-0.39, 0.29) is 45.0 Å². The van der Waals surface area contributed by atoms with Crippen molar-refractivity contribution in [2.75, 3.05) is 13.7 Å². The van der Waals surface area contributed by atoms with Crippen molar-refractivity contribution in [2.24, 2.45) is 15.7 Å². The molecule has 0 unspecified atom stereocenters. The molecule has 1 heterocycles. The zero-order valence-corrected chi connectivity index (χ0v) is 13.9. The molecule has 2 aromatic rings. The Morgan fingerprint density at radius 3 is 2.58 bits per heavy atom. The third kappa shape index (κ3) is 2.72. The number of nitrogens with zero attached hydrogens (tertiary/aromatic N) is 2. The van der Waals surface area contributed by atoms with E-state index in [0.29, 0.717) is 5.69 Å². The van der Waals surface area contributed by atoms with E-state index in [0.717, 1.165) is 6.07 Å². The summed E-state index contributed by atoms with van der Waals surface area (Å²) in [6.07, 6.45) is 0. The molecular weight excluding hydrogens is 359 g/mol. The van der Waals surface area contributed by atoms with Gasteiger partial charge in [0.2, 0.25) is 0 Å². The van der Waals surface area contributed by atoms with Crippen molar-refractivity contribution < 1.29 is 13.5 Å². The topological polar surface area (TPSA) is 60.0 Å². The molecule has 124 valence electrons. The first-order valence-electron chi connectivity index (χ1n) is 6.82. The fourth-order valence-corrected chi connectivity index (χ4v) is 2.81. The second-order valence-electron chi connectivity index (χ2n) is 4.96. The Kier molecular flexibility index (Phi) is 4.43. The van der Waals surface area contributed by atoms with Gasteiger partial charge in [0, 0.05) is 5.56 Å². The zero-order chi connectivity index (χ0) is 17.4. The van der Waals surface area contributed by atoms with E-state index in [9.17, 15) is 8.78 Å². The van der Waals surface area contributed by atoms with Gasteiger partial charge in [-0.2, -0.15) is 0 Å². The van der Waals surface area contributed by atoms with Gasteiger partial charge in [0.15, 0.2) is 11.6 Å². The highest BCUT2D eigenvalue weighted by molar-refractivity contribution is 6.45. The molecule has 1 aliphatic heterocycles. The van der Waals surface area contributed by atoms with E-state index in [1.807, 2.05) is 0 Å². The Labute approximate surface area is 146 Å². The number of benzene rings is 2. The maximum Gasteiger partial charge on any atom is 0.177 e. The average Bonchev–Trinajstić information content (AvgIpc) is 2.71. The molecule has 0 amide bonds. The number of nitrogens with two attached hydrogens (primary N) is 1. The zero-order valence-electron chi connectivity index (χ0n) is 12.4. The quantitative estimate of drug-likeness (QED) is 0.865. The minimum Gasteiger partial charge on any atom is -0.494 e. The van der Waals surface area contributed by atoms with Gasteiger partial charge in [-0.1, -0.05) is 23.2 Å². The lowest BCUT2D eigenvalue weighted by Gasteiger charge is -2.14. The molecule has 2 aromatic carbocycles. The van der Waals surface area contributed by atoms with Crippen LogP contribution in [0.3, 0.4) is 0 Å². The Balaban J connectivity index is 2.35. The lowest BCUT2D eigenvalue weighted by Crippen LogP contribution is -2.16. The van der Waals surface area contributed by atoms with Crippen LogP contribution in [0, 0.1) is 11.6 Å². The van der Waals surface area contributed by atoms with Crippen LogP contribution in [0.1, 0.15) is 11.1 Å². The lowest BCUT2D eigenvalue weighted by molar-refractivity contribution is 0.383. The van der Waals surface area contributed by atoms with Gasteiger partial charge < -0.3 is 10.5 Å². The SMILES string of the molecule is COc1ccc(F)c(C2=NCC(N)=Nc3ccc(Cl)c(Cl)c32)c1F. The summed E-state index contributed by atoms with van der Waals surface area (Å²) >= 11 is 12.3. The first-order valence-corrected chi connectivity index (χ1v) is 7.57. The molecular formula is C16H11Cl2F2N3O. The van der Waals surface area contributed by atoms with Crippen molar-refractivity contribution in [1.29, 1.82) is 0 Å². The Bertz CT molecular complexity index is 897. The van der Waals surface area contributed by atoms with E-state index in [1.54, 1.807) is 6.07 Å². The summed E-state index contributed by atoms with van der Waals surface area (Å²) in [7, 11) is 1.29.